The van der Waals surface area contributed by atoms with Gasteiger partial charge in [0.2, 0.25) is 5.91 Å². The van der Waals surface area contributed by atoms with Gasteiger partial charge in [-0.25, -0.2) is 10.2 Å². The minimum absolute atomic E-state index is 0.101. The highest BCUT2D eigenvalue weighted by Gasteiger charge is 2.28. The second kappa shape index (κ2) is 4.08. The van der Waals surface area contributed by atoms with Crippen LogP contribution in [-0.2, 0) is 9.53 Å². The third-order valence-corrected chi connectivity index (χ3v) is 1.88. The van der Waals surface area contributed by atoms with Crippen molar-refractivity contribution in [3.05, 3.63) is 0 Å². The topological polar surface area (TPSA) is 93.5 Å². The first-order valence-electron chi connectivity index (χ1n) is 4.06. The van der Waals surface area contributed by atoms with Gasteiger partial charge in [0, 0.05) is 0 Å². The number of nitrogens with two attached hydrogens (primary N) is 1. The summed E-state index contributed by atoms with van der Waals surface area (Å²) in [4.78, 5) is 21.5. The smallest absolute Gasteiger partial charge is 0.330 e. The summed E-state index contributed by atoms with van der Waals surface area (Å²) in [5, 5.41) is 0. The largest absolute Gasteiger partial charge is 0.378 e. The number of amides is 3. The maximum Gasteiger partial charge on any atom is 0.330 e. The lowest BCUT2D eigenvalue weighted by Crippen LogP contribution is -2.47. The molecule has 0 saturated carbocycles. The third kappa shape index (κ3) is 2.90. The summed E-state index contributed by atoms with van der Waals surface area (Å²) in [5.41, 5.74) is 8.99. The van der Waals surface area contributed by atoms with E-state index in [1.54, 1.807) is 0 Å². The molecule has 4 N–H and O–H groups in total. The lowest BCUT2D eigenvalue weighted by atomic mass is 10.1. The fourth-order valence-electron chi connectivity index (χ4n) is 1.23. The normalized spacial score (nSPS) is 26.8. The molecule has 74 valence electrons. The van der Waals surface area contributed by atoms with Crippen molar-refractivity contribution in [3.8, 4) is 0 Å². The number of carbonyl (C=O) groups excluding carboxylic acids is 2. The van der Waals surface area contributed by atoms with Gasteiger partial charge in [-0.05, 0) is 13.3 Å². The lowest BCUT2D eigenvalue weighted by molar-refractivity contribution is -0.125. The Balaban J connectivity index is 2.27. The number of rotatable bonds is 1. The first-order valence-corrected chi connectivity index (χ1v) is 4.06. The van der Waals surface area contributed by atoms with Crippen LogP contribution in [0.4, 0.5) is 4.79 Å². The lowest BCUT2D eigenvalue weighted by Gasteiger charge is -2.08. The standard InChI is InChI=1S/C7H13N3O3/c1-4-2-5(3-13-4)6(11)9-10-7(8)12/h4-5H,2-3H2,1H3,(H,9,11)(H3,8,10,12). The summed E-state index contributed by atoms with van der Waals surface area (Å²) in [6.45, 7) is 2.29. The summed E-state index contributed by atoms with van der Waals surface area (Å²) in [6, 6.07) is -0.777. The zero-order chi connectivity index (χ0) is 9.84. The molecule has 0 aromatic rings. The van der Waals surface area contributed by atoms with E-state index in [1.807, 2.05) is 12.3 Å². The molecule has 6 nitrogen and oxygen atoms in total. The molecule has 3 amide bonds. The number of carbonyl (C=O) groups is 2. The monoisotopic (exact) mass is 187 g/mol. The molecular weight excluding hydrogens is 174 g/mol. The number of urea groups is 1. The maximum atomic E-state index is 11.2. The highest BCUT2D eigenvalue weighted by atomic mass is 16.5. The fourth-order valence-corrected chi connectivity index (χ4v) is 1.23. The molecule has 0 bridgehead atoms. The van der Waals surface area contributed by atoms with E-state index >= 15 is 0 Å². The highest BCUT2D eigenvalue weighted by molar-refractivity contribution is 5.82. The Labute approximate surface area is 75.8 Å². The second-order valence-electron chi connectivity index (χ2n) is 3.06. The number of hydrogen-bond donors (Lipinski definition) is 3. The highest BCUT2D eigenvalue weighted by Crippen LogP contribution is 2.18. The predicted molar refractivity (Wildman–Crippen MR) is 44.4 cm³/mol. The van der Waals surface area contributed by atoms with Crippen molar-refractivity contribution < 1.29 is 14.3 Å². The predicted octanol–water partition coefficient (Wildman–Crippen LogP) is -0.889. The first kappa shape index (κ1) is 9.79. The Morgan fingerprint density at radius 2 is 2.15 bits per heavy atom. The van der Waals surface area contributed by atoms with Crippen LogP contribution in [0.1, 0.15) is 13.3 Å². The molecule has 0 aromatic carbocycles. The molecule has 1 fully saturated rings. The molecule has 6 heteroatoms. The van der Waals surface area contributed by atoms with Gasteiger partial charge >= 0.3 is 6.03 Å². The summed E-state index contributed by atoms with van der Waals surface area (Å²) >= 11 is 0. The summed E-state index contributed by atoms with van der Waals surface area (Å²) in [6.07, 6.45) is 0.774. The molecule has 2 unspecified atom stereocenters. The van der Waals surface area contributed by atoms with Crippen molar-refractivity contribution in [1.29, 1.82) is 0 Å². The van der Waals surface area contributed by atoms with Crippen molar-refractivity contribution in [2.75, 3.05) is 6.61 Å². The Morgan fingerprint density at radius 3 is 2.62 bits per heavy atom. The SMILES string of the molecule is CC1CC(C(=O)NNC(N)=O)CO1. The number of hydrogen-bond acceptors (Lipinski definition) is 3. The minimum Gasteiger partial charge on any atom is -0.378 e. The van der Waals surface area contributed by atoms with E-state index in [4.69, 9.17) is 10.5 Å². The van der Waals surface area contributed by atoms with E-state index < -0.39 is 6.03 Å². The molecule has 0 aromatic heterocycles. The summed E-state index contributed by atoms with van der Waals surface area (Å²) in [7, 11) is 0. The van der Waals surface area contributed by atoms with E-state index in [9.17, 15) is 9.59 Å². The van der Waals surface area contributed by atoms with Crippen molar-refractivity contribution in [1.82, 2.24) is 10.9 Å². The van der Waals surface area contributed by atoms with Crippen LogP contribution in [0.5, 0.6) is 0 Å². The van der Waals surface area contributed by atoms with Crippen molar-refractivity contribution in [2.45, 2.75) is 19.4 Å². The average molecular weight is 187 g/mol. The van der Waals surface area contributed by atoms with Gasteiger partial charge in [0.05, 0.1) is 18.6 Å². The van der Waals surface area contributed by atoms with E-state index in [2.05, 4.69) is 5.43 Å². The number of primary amides is 1. The number of ether oxygens (including phenoxy) is 1. The average Bonchev–Trinajstić information content (AvgIpc) is 2.47. The van der Waals surface area contributed by atoms with E-state index in [-0.39, 0.29) is 17.9 Å². The van der Waals surface area contributed by atoms with Crippen LogP contribution in [0, 0.1) is 5.92 Å². The van der Waals surface area contributed by atoms with Crippen LogP contribution in [0.25, 0.3) is 0 Å². The third-order valence-electron chi connectivity index (χ3n) is 1.88. The van der Waals surface area contributed by atoms with Crippen LogP contribution < -0.4 is 16.6 Å². The van der Waals surface area contributed by atoms with Crippen LogP contribution in [0.3, 0.4) is 0 Å². The van der Waals surface area contributed by atoms with E-state index in [1.165, 1.54) is 0 Å². The van der Waals surface area contributed by atoms with E-state index in [0.717, 1.165) is 0 Å². The number of hydrazine groups is 1. The van der Waals surface area contributed by atoms with Gasteiger partial charge in [0.25, 0.3) is 0 Å². The molecule has 2 atom stereocenters. The Hall–Kier alpha value is -1.30. The second-order valence-corrected chi connectivity index (χ2v) is 3.06. The molecular formula is C7H13N3O3. The molecule has 1 aliphatic heterocycles. The quantitative estimate of drug-likeness (QED) is 0.465. The van der Waals surface area contributed by atoms with Crippen LogP contribution >= 0.6 is 0 Å². The Bertz CT molecular complexity index is 219. The molecule has 0 aliphatic carbocycles. The van der Waals surface area contributed by atoms with Crippen molar-refractivity contribution in [3.63, 3.8) is 0 Å². The Morgan fingerprint density at radius 1 is 1.46 bits per heavy atom. The summed E-state index contributed by atoms with van der Waals surface area (Å²) in [5.74, 6) is -0.454. The molecule has 0 radical (unpaired) electrons. The molecule has 1 heterocycles. The zero-order valence-corrected chi connectivity index (χ0v) is 7.37. The van der Waals surface area contributed by atoms with Gasteiger partial charge in [-0.2, -0.15) is 0 Å². The van der Waals surface area contributed by atoms with Crippen LogP contribution in [0.2, 0.25) is 0 Å². The molecule has 0 spiro atoms. The minimum atomic E-state index is -0.777. The number of nitrogens with one attached hydrogen (secondary N) is 2. The van der Waals surface area contributed by atoms with Gasteiger partial charge in [-0.15, -0.1) is 0 Å². The molecule has 1 saturated heterocycles. The van der Waals surface area contributed by atoms with Gasteiger partial charge in [0.15, 0.2) is 0 Å². The zero-order valence-electron chi connectivity index (χ0n) is 7.37. The molecule has 1 aliphatic rings. The molecule has 13 heavy (non-hydrogen) atoms. The van der Waals surface area contributed by atoms with Gasteiger partial charge in [0.1, 0.15) is 0 Å². The summed E-state index contributed by atoms with van der Waals surface area (Å²) < 4.78 is 5.19. The Kier molecular flexibility index (Phi) is 3.07. The molecule has 1 rings (SSSR count). The fraction of sp³-hybridized carbons (Fsp3) is 0.714. The van der Waals surface area contributed by atoms with E-state index in [0.29, 0.717) is 13.0 Å². The van der Waals surface area contributed by atoms with Crippen molar-refractivity contribution >= 4 is 11.9 Å². The van der Waals surface area contributed by atoms with Crippen LogP contribution in [-0.4, -0.2) is 24.6 Å². The van der Waals surface area contributed by atoms with Gasteiger partial charge < -0.3 is 10.5 Å². The van der Waals surface area contributed by atoms with Crippen molar-refractivity contribution in [2.24, 2.45) is 11.7 Å². The van der Waals surface area contributed by atoms with Gasteiger partial charge in [-0.3, -0.25) is 10.2 Å². The van der Waals surface area contributed by atoms with Crippen LogP contribution in [0.15, 0.2) is 0 Å². The first-order chi connectivity index (χ1) is 6.09. The van der Waals surface area contributed by atoms with Gasteiger partial charge in [-0.1, -0.05) is 0 Å². The maximum absolute atomic E-state index is 11.2.